The maximum absolute atomic E-state index is 10.7. The Morgan fingerprint density at radius 3 is 2.29 bits per heavy atom. The van der Waals surface area contributed by atoms with Gasteiger partial charge in [-0.15, -0.1) is 0 Å². The maximum atomic E-state index is 10.7. The number of hydrogen-bond donors (Lipinski definition) is 2. The van der Waals surface area contributed by atoms with Gasteiger partial charge < -0.3 is 10.6 Å². The molecule has 24 heavy (non-hydrogen) atoms. The van der Waals surface area contributed by atoms with E-state index in [1.54, 1.807) is 12.1 Å². The molecule has 1 atom stereocenters. The molecule has 126 valence electrons. The minimum Gasteiger partial charge on any atom is -0.356 e. The average molecular weight is 343 g/mol. The van der Waals surface area contributed by atoms with E-state index in [9.17, 15) is 10.1 Å². The normalized spacial score (nSPS) is 11.8. The van der Waals surface area contributed by atoms with Crippen molar-refractivity contribution < 1.29 is 4.92 Å². The number of nitrogens with zero attached hydrogens (tertiary/aromatic N) is 1. The van der Waals surface area contributed by atoms with Gasteiger partial charge in [0.1, 0.15) is 0 Å². The second-order valence-electron chi connectivity index (χ2n) is 6.00. The first-order valence-corrected chi connectivity index (χ1v) is 8.23. The SMILES string of the molecule is CC(C)C[C@H](NC(=S)Nc1ccc([N+](=O)[O-])cc1)c1ccccc1. The minimum absolute atomic E-state index is 0.0568. The van der Waals surface area contributed by atoms with Gasteiger partial charge >= 0.3 is 0 Å². The fraction of sp³-hybridized carbons (Fsp3) is 0.278. The summed E-state index contributed by atoms with van der Waals surface area (Å²) in [7, 11) is 0. The summed E-state index contributed by atoms with van der Waals surface area (Å²) in [6.45, 7) is 4.34. The lowest BCUT2D eigenvalue weighted by atomic mass is 9.97. The Balaban J connectivity index is 2.03. The predicted molar refractivity (Wildman–Crippen MR) is 101 cm³/mol. The fourth-order valence-corrected chi connectivity index (χ4v) is 2.69. The Hall–Kier alpha value is -2.47. The number of nitrogens with one attached hydrogen (secondary N) is 2. The lowest BCUT2D eigenvalue weighted by Crippen LogP contribution is -2.33. The Kier molecular flexibility index (Phi) is 6.26. The highest BCUT2D eigenvalue weighted by Crippen LogP contribution is 2.21. The van der Waals surface area contributed by atoms with Gasteiger partial charge in [-0.05, 0) is 42.3 Å². The zero-order valence-corrected chi connectivity index (χ0v) is 14.5. The molecule has 0 aliphatic heterocycles. The van der Waals surface area contributed by atoms with Gasteiger partial charge in [-0.25, -0.2) is 0 Å². The first-order valence-electron chi connectivity index (χ1n) is 7.82. The second kappa shape index (κ2) is 8.40. The van der Waals surface area contributed by atoms with E-state index in [1.165, 1.54) is 17.7 Å². The number of hydrogen-bond acceptors (Lipinski definition) is 3. The van der Waals surface area contributed by atoms with Crippen LogP contribution in [0.15, 0.2) is 54.6 Å². The van der Waals surface area contributed by atoms with Crippen molar-refractivity contribution in [1.29, 1.82) is 0 Å². The van der Waals surface area contributed by atoms with Gasteiger partial charge in [0, 0.05) is 17.8 Å². The number of anilines is 1. The molecule has 0 aromatic heterocycles. The van der Waals surface area contributed by atoms with Crippen LogP contribution in [0.2, 0.25) is 0 Å². The molecule has 0 spiro atoms. The first-order chi connectivity index (χ1) is 11.5. The average Bonchev–Trinajstić information content (AvgIpc) is 2.55. The summed E-state index contributed by atoms with van der Waals surface area (Å²) in [6, 6.07) is 16.5. The Bertz CT molecular complexity index is 687. The fourth-order valence-electron chi connectivity index (χ4n) is 2.43. The summed E-state index contributed by atoms with van der Waals surface area (Å²) >= 11 is 5.39. The largest absolute Gasteiger partial charge is 0.356 e. The second-order valence-corrected chi connectivity index (χ2v) is 6.40. The van der Waals surface area contributed by atoms with Crippen LogP contribution in [-0.2, 0) is 0 Å². The first kappa shape index (κ1) is 17.9. The molecule has 2 N–H and O–H groups in total. The lowest BCUT2D eigenvalue weighted by Gasteiger charge is -2.23. The van der Waals surface area contributed by atoms with Gasteiger partial charge in [0.25, 0.3) is 5.69 Å². The summed E-state index contributed by atoms with van der Waals surface area (Å²) in [5.41, 5.74) is 1.95. The Morgan fingerprint density at radius 2 is 1.75 bits per heavy atom. The van der Waals surface area contributed by atoms with Crippen molar-refractivity contribution in [3.05, 3.63) is 70.3 Å². The van der Waals surface area contributed by atoms with Crippen molar-refractivity contribution in [2.45, 2.75) is 26.3 Å². The van der Waals surface area contributed by atoms with Crippen molar-refractivity contribution in [2.24, 2.45) is 5.92 Å². The van der Waals surface area contributed by atoms with E-state index in [1.807, 2.05) is 18.2 Å². The molecular weight excluding hydrogens is 322 g/mol. The molecule has 0 saturated heterocycles. The Labute approximate surface area is 147 Å². The number of nitro groups is 1. The summed E-state index contributed by atoms with van der Waals surface area (Å²) in [4.78, 5) is 10.3. The van der Waals surface area contributed by atoms with E-state index in [0.717, 1.165) is 12.1 Å². The predicted octanol–water partition coefficient (Wildman–Crippen LogP) is 4.67. The third-order valence-corrected chi connectivity index (χ3v) is 3.77. The Morgan fingerprint density at radius 1 is 1.12 bits per heavy atom. The minimum atomic E-state index is -0.422. The van der Waals surface area contributed by atoms with Crippen molar-refractivity contribution in [1.82, 2.24) is 5.32 Å². The molecule has 0 heterocycles. The quantitative estimate of drug-likeness (QED) is 0.453. The van der Waals surface area contributed by atoms with E-state index >= 15 is 0 Å². The van der Waals surface area contributed by atoms with E-state index < -0.39 is 4.92 Å². The highest BCUT2D eigenvalue weighted by Gasteiger charge is 2.14. The molecule has 5 nitrogen and oxygen atoms in total. The van der Waals surface area contributed by atoms with Crippen LogP contribution in [0.1, 0.15) is 31.9 Å². The van der Waals surface area contributed by atoms with E-state index in [4.69, 9.17) is 12.2 Å². The van der Waals surface area contributed by atoms with Crippen LogP contribution in [0.4, 0.5) is 11.4 Å². The van der Waals surface area contributed by atoms with Crippen molar-refractivity contribution in [2.75, 3.05) is 5.32 Å². The number of rotatable bonds is 6. The van der Waals surface area contributed by atoms with Gasteiger partial charge in [0.2, 0.25) is 0 Å². The van der Waals surface area contributed by atoms with Crippen LogP contribution in [0, 0.1) is 16.0 Å². The molecule has 2 rings (SSSR count). The molecule has 0 amide bonds. The van der Waals surface area contributed by atoms with Gasteiger partial charge in [0.05, 0.1) is 11.0 Å². The lowest BCUT2D eigenvalue weighted by molar-refractivity contribution is -0.384. The molecule has 6 heteroatoms. The summed E-state index contributed by atoms with van der Waals surface area (Å²) in [6.07, 6.45) is 0.950. The highest BCUT2D eigenvalue weighted by atomic mass is 32.1. The smallest absolute Gasteiger partial charge is 0.269 e. The molecule has 0 fully saturated rings. The van der Waals surface area contributed by atoms with Crippen LogP contribution in [0.3, 0.4) is 0 Å². The van der Waals surface area contributed by atoms with E-state index in [2.05, 4.69) is 36.6 Å². The van der Waals surface area contributed by atoms with Crippen LogP contribution < -0.4 is 10.6 Å². The number of non-ortho nitro benzene ring substituents is 1. The van der Waals surface area contributed by atoms with Crippen LogP contribution in [0.5, 0.6) is 0 Å². The molecule has 0 aliphatic carbocycles. The third-order valence-electron chi connectivity index (χ3n) is 3.55. The molecular formula is C18H21N3O2S. The maximum Gasteiger partial charge on any atom is 0.269 e. The van der Waals surface area contributed by atoms with E-state index in [0.29, 0.717) is 11.0 Å². The van der Waals surface area contributed by atoms with Gasteiger partial charge in [-0.3, -0.25) is 10.1 Å². The summed E-state index contributed by atoms with van der Waals surface area (Å²) < 4.78 is 0. The zero-order chi connectivity index (χ0) is 17.5. The zero-order valence-electron chi connectivity index (χ0n) is 13.7. The molecule has 0 aliphatic rings. The molecule has 0 bridgehead atoms. The molecule has 2 aromatic rings. The van der Waals surface area contributed by atoms with Gasteiger partial charge in [0.15, 0.2) is 5.11 Å². The van der Waals surface area contributed by atoms with Crippen LogP contribution >= 0.6 is 12.2 Å². The monoisotopic (exact) mass is 343 g/mol. The number of nitro benzene ring substituents is 1. The van der Waals surface area contributed by atoms with Gasteiger partial charge in [-0.1, -0.05) is 44.2 Å². The topological polar surface area (TPSA) is 67.2 Å². The van der Waals surface area contributed by atoms with Crippen LogP contribution in [-0.4, -0.2) is 10.0 Å². The molecule has 0 radical (unpaired) electrons. The molecule has 0 saturated carbocycles. The van der Waals surface area contributed by atoms with Crippen molar-refractivity contribution in [3.8, 4) is 0 Å². The summed E-state index contributed by atoms with van der Waals surface area (Å²) in [5, 5.41) is 17.6. The molecule has 0 unspecified atom stereocenters. The van der Waals surface area contributed by atoms with E-state index in [-0.39, 0.29) is 11.7 Å². The standard InChI is InChI=1S/C18H21N3O2S/c1-13(2)12-17(14-6-4-3-5-7-14)20-18(24)19-15-8-10-16(11-9-15)21(22)23/h3-11,13,17H,12H2,1-2H3,(H2,19,20,24)/t17-/m0/s1. The number of benzene rings is 2. The summed E-state index contributed by atoms with van der Waals surface area (Å²) in [5.74, 6) is 0.518. The van der Waals surface area contributed by atoms with Crippen molar-refractivity contribution >= 4 is 28.7 Å². The number of thiocarbonyl (C=S) groups is 1. The van der Waals surface area contributed by atoms with Gasteiger partial charge in [-0.2, -0.15) is 0 Å². The third kappa shape index (κ3) is 5.31. The van der Waals surface area contributed by atoms with Crippen molar-refractivity contribution in [3.63, 3.8) is 0 Å². The highest BCUT2D eigenvalue weighted by molar-refractivity contribution is 7.80. The molecule has 2 aromatic carbocycles. The van der Waals surface area contributed by atoms with Crippen LogP contribution in [0.25, 0.3) is 0 Å².